The second-order valence-corrected chi connectivity index (χ2v) is 7.09. The zero-order valence-corrected chi connectivity index (χ0v) is 14.9. The first-order valence-corrected chi connectivity index (χ1v) is 9.12. The number of carbonyl (C=O) groups excluding carboxylic acids is 3. The molecule has 0 radical (unpaired) electrons. The Hall–Kier alpha value is -2.02. The van der Waals surface area contributed by atoms with Gasteiger partial charge in [0.25, 0.3) is 5.91 Å². The third kappa shape index (κ3) is 2.88. The topological polar surface area (TPSA) is 60.9 Å². The SMILES string of the molecule is CSc1ccc2c(c1)CCN(C(=O)C[C@H]1C(=O)N(C)C(=O)N1C)C2. The molecule has 0 aliphatic carbocycles. The number of urea groups is 1. The number of imide groups is 1. The Morgan fingerprint density at radius 3 is 2.62 bits per heavy atom. The molecule has 128 valence electrons. The maximum atomic E-state index is 12.6. The van der Waals surface area contributed by atoms with Crippen molar-refractivity contribution in [3.8, 4) is 0 Å². The predicted octanol–water partition coefficient (Wildman–Crippen LogP) is 1.58. The van der Waals surface area contributed by atoms with E-state index in [0.29, 0.717) is 13.1 Å². The van der Waals surface area contributed by atoms with E-state index in [4.69, 9.17) is 0 Å². The molecule has 1 atom stereocenters. The first-order chi connectivity index (χ1) is 11.4. The highest BCUT2D eigenvalue weighted by Gasteiger charge is 2.42. The van der Waals surface area contributed by atoms with E-state index in [9.17, 15) is 14.4 Å². The van der Waals surface area contributed by atoms with Crippen LogP contribution in [0.25, 0.3) is 0 Å². The standard InChI is InChI=1S/C17H21N3O3S/c1-18-14(16(22)19(2)17(18)23)9-15(21)20-7-6-11-8-13(24-3)5-4-12(11)10-20/h4-5,8,14H,6-7,9-10H2,1-3H3/t14-/m0/s1. The Morgan fingerprint density at radius 2 is 2.00 bits per heavy atom. The third-order valence-corrected chi connectivity index (χ3v) is 5.54. The fraction of sp³-hybridized carbons (Fsp3) is 0.471. The van der Waals surface area contributed by atoms with Crippen molar-refractivity contribution in [3.05, 3.63) is 29.3 Å². The van der Waals surface area contributed by atoms with E-state index in [0.717, 1.165) is 16.9 Å². The summed E-state index contributed by atoms with van der Waals surface area (Å²) in [6, 6.07) is 5.29. The third-order valence-electron chi connectivity index (χ3n) is 4.82. The van der Waals surface area contributed by atoms with Crippen LogP contribution in [-0.2, 0) is 22.6 Å². The lowest BCUT2D eigenvalue weighted by molar-refractivity contribution is -0.137. The van der Waals surface area contributed by atoms with Crippen LogP contribution in [-0.4, -0.2) is 65.5 Å². The summed E-state index contributed by atoms with van der Waals surface area (Å²) in [4.78, 5) is 42.0. The number of nitrogens with zero attached hydrogens (tertiary/aromatic N) is 3. The van der Waals surface area contributed by atoms with Crippen LogP contribution in [0.4, 0.5) is 4.79 Å². The quantitative estimate of drug-likeness (QED) is 0.615. The number of carbonyl (C=O) groups is 3. The van der Waals surface area contributed by atoms with Crippen molar-refractivity contribution in [2.24, 2.45) is 0 Å². The fourth-order valence-electron chi connectivity index (χ4n) is 3.24. The lowest BCUT2D eigenvalue weighted by Gasteiger charge is -2.30. The van der Waals surface area contributed by atoms with E-state index in [1.807, 2.05) is 6.26 Å². The lowest BCUT2D eigenvalue weighted by atomic mass is 9.99. The van der Waals surface area contributed by atoms with Crippen LogP contribution in [0.3, 0.4) is 0 Å². The predicted molar refractivity (Wildman–Crippen MR) is 91.7 cm³/mol. The highest BCUT2D eigenvalue weighted by Crippen LogP contribution is 2.25. The van der Waals surface area contributed by atoms with Crippen molar-refractivity contribution in [3.63, 3.8) is 0 Å². The van der Waals surface area contributed by atoms with Gasteiger partial charge in [0.05, 0.1) is 6.42 Å². The lowest BCUT2D eigenvalue weighted by Crippen LogP contribution is -2.41. The zero-order valence-electron chi connectivity index (χ0n) is 14.1. The van der Waals surface area contributed by atoms with Gasteiger partial charge in [0, 0.05) is 32.1 Å². The Bertz CT molecular complexity index is 706. The number of hydrogen-bond donors (Lipinski definition) is 0. The first-order valence-electron chi connectivity index (χ1n) is 7.90. The Morgan fingerprint density at radius 1 is 1.25 bits per heavy atom. The molecule has 0 aromatic heterocycles. The molecule has 1 saturated heterocycles. The van der Waals surface area contributed by atoms with Gasteiger partial charge in [-0.25, -0.2) is 4.79 Å². The summed E-state index contributed by atoms with van der Waals surface area (Å²) in [7, 11) is 3.02. The number of benzene rings is 1. The van der Waals surface area contributed by atoms with Crippen LogP contribution in [0.2, 0.25) is 0 Å². The summed E-state index contributed by atoms with van der Waals surface area (Å²) in [5, 5.41) is 0. The maximum absolute atomic E-state index is 12.6. The molecule has 24 heavy (non-hydrogen) atoms. The van der Waals surface area contributed by atoms with Crippen LogP contribution in [0.5, 0.6) is 0 Å². The van der Waals surface area contributed by atoms with E-state index in [1.165, 1.54) is 22.4 Å². The first kappa shape index (κ1) is 16.8. The maximum Gasteiger partial charge on any atom is 0.326 e. The van der Waals surface area contributed by atoms with Crippen LogP contribution in [0, 0.1) is 0 Å². The van der Waals surface area contributed by atoms with Gasteiger partial charge in [-0.15, -0.1) is 11.8 Å². The van der Waals surface area contributed by atoms with Crippen molar-refractivity contribution in [2.45, 2.75) is 30.3 Å². The summed E-state index contributed by atoms with van der Waals surface area (Å²) in [5.74, 6) is -0.388. The van der Waals surface area contributed by atoms with Crippen LogP contribution in [0.1, 0.15) is 17.5 Å². The molecule has 4 amide bonds. The van der Waals surface area contributed by atoms with Crippen molar-refractivity contribution < 1.29 is 14.4 Å². The smallest absolute Gasteiger partial charge is 0.326 e. The van der Waals surface area contributed by atoms with Crippen LogP contribution < -0.4 is 0 Å². The molecule has 7 heteroatoms. The van der Waals surface area contributed by atoms with Gasteiger partial charge in [-0.3, -0.25) is 14.5 Å². The molecule has 2 aliphatic rings. The molecule has 0 spiro atoms. The normalized spacial score (nSPS) is 20.6. The molecule has 0 saturated carbocycles. The Labute approximate surface area is 145 Å². The van der Waals surface area contributed by atoms with Crippen LogP contribution >= 0.6 is 11.8 Å². The fourth-order valence-corrected chi connectivity index (χ4v) is 3.71. The number of likely N-dealkylation sites (N-methyl/N-ethyl adjacent to an activating group) is 2. The van der Waals surface area contributed by atoms with Gasteiger partial charge in [0.2, 0.25) is 5.91 Å². The monoisotopic (exact) mass is 347 g/mol. The van der Waals surface area contributed by atoms with Gasteiger partial charge in [0.1, 0.15) is 6.04 Å². The van der Waals surface area contributed by atoms with E-state index in [-0.39, 0.29) is 24.3 Å². The Balaban J connectivity index is 1.68. The van der Waals surface area contributed by atoms with Crippen molar-refractivity contribution >= 4 is 29.6 Å². The molecule has 6 nitrogen and oxygen atoms in total. The van der Waals surface area contributed by atoms with E-state index >= 15 is 0 Å². The molecule has 0 unspecified atom stereocenters. The number of rotatable bonds is 3. The summed E-state index contributed by atoms with van der Waals surface area (Å²) in [5.41, 5.74) is 2.45. The highest BCUT2D eigenvalue weighted by molar-refractivity contribution is 7.98. The van der Waals surface area contributed by atoms with E-state index in [2.05, 4.69) is 18.2 Å². The van der Waals surface area contributed by atoms with Crippen molar-refractivity contribution in [1.29, 1.82) is 0 Å². The van der Waals surface area contributed by atoms with Gasteiger partial charge in [0.15, 0.2) is 0 Å². The van der Waals surface area contributed by atoms with Crippen molar-refractivity contribution in [2.75, 3.05) is 26.9 Å². The molecule has 1 fully saturated rings. The largest absolute Gasteiger partial charge is 0.338 e. The summed E-state index contributed by atoms with van der Waals surface area (Å²) in [6.07, 6.45) is 2.92. The minimum atomic E-state index is -0.685. The molecule has 1 aromatic carbocycles. The van der Waals surface area contributed by atoms with E-state index in [1.54, 1.807) is 23.7 Å². The zero-order chi connectivity index (χ0) is 17.4. The molecule has 3 rings (SSSR count). The molecular weight excluding hydrogens is 326 g/mol. The summed E-state index contributed by atoms with van der Waals surface area (Å²) in [6.45, 7) is 1.22. The number of hydrogen-bond acceptors (Lipinski definition) is 4. The minimum Gasteiger partial charge on any atom is -0.338 e. The average Bonchev–Trinajstić information content (AvgIpc) is 2.78. The van der Waals surface area contributed by atoms with Gasteiger partial charge in [-0.1, -0.05) is 6.07 Å². The minimum absolute atomic E-state index is 0.0453. The second kappa shape index (κ2) is 6.47. The number of amides is 4. The van der Waals surface area contributed by atoms with Gasteiger partial charge in [-0.05, 0) is 35.9 Å². The number of thioether (sulfide) groups is 1. The summed E-state index contributed by atoms with van der Waals surface area (Å²) >= 11 is 1.71. The van der Waals surface area contributed by atoms with Gasteiger partial charge < -0.3 is 9.80 Å². The molecule has 1 aromatic rings. The molecule has 0 bridgehead atoms. The molecule has 2 aliphatic heterocycles. The second-order valence-electron chi connectivity index (χ2n) is 6.21. The highest BCUT2D eigenvalue weighted by atomic mass is 32.2. The summed E-state index contributed by atoms with van der Waals surface area (Å²) < 4.78 is 0. The van der Waals surface area contributed by atoms with Crippen molar-refractivity contribution in [1.82, 2.24) is 14.7 Å². The molecule has 2 heterocycles. The average molecular weight is 347 g/mol. The van der Waals surface area contributed by atoms with Crippen LogP contribution in [0.15, 0.2) is 23.1 Å². The Kier molecular flexibility index (Phi) is 4.54. The van der Waals surface area contributed by atoms with E-state index < -0.39 is 6.04 Å². The molecule has 0 N–H and O–H groups in total. The molecular formula is C17H21N3O3S. The van der Waals surface area contributed by atoms with Gasteiger partial charge in [-0.2, -0.15) is 0 Å². The van der Waals surface area contributed by atoms with Gasteiger partial charge >= 0.3 is 6.03 Å². The number of fused-ring (bicyclic) bond motifs is 1.